The van der Waals surface area contributed by atoms with Gasteiger partial charge >= 0.3 is 7.60 Å². The topological polar surface area (TPSA) is 65.0 Å². The fourth-order valence-electron chi connectivity index (χ4n) is 0.573. The zero-order valence-corrected chi connectivity index (χ0v) is 7.99. The highest BCUT2D eigenvalue weighted by Crippen LogP contribution is 2.44. The molecule has 0 atom stereocenters. The van der Waals surface area contributed by atoms with Crippen LogP contribution < -0.4 is 0 Å². The molecule has 0 aromatic rings. The Labute approximate surface area is 71.3 Å². The number of carbonyl (C=O) groups is 1. The Morgan fingerprint density at radius 2 is 1.83 bits per heavy atom. The van der Waals surface area contributed by atoms with E-state index in [-0.39, 0.29) is 19.6 Å². The third kappa shape index (κ3) is 4.38. The summed E-state index contributed by atoms with van der Waals surface area (Å²) in [5, 5.41) is 0. The van der Waals surface area contributed by atoms with E-state index in [1.54, 1.807) is 13.8 Å². The van der Waals surface area contributed by atoms with E-state index in [9.17, 15) is 9.36 Å². The van der Waals surface area contributed by atoms with Gasteiger partial charge in [-0.1, -0.05) is 0 Å². The summed E-state index contributed by atoms with van der Waals surface area (Å²) in [7, 11) is -3.26. The lowest BCUT2D eigenvalue weighted by atomic mass is 10.9. The van der Waals surface area contributed by atoms with E-state index in [1.165, 1.54) is 0 Å². The van der Waals surface area contributed by atoms with Crippen LogP contribution in [0.25, 0.3) is 0 Å². The van der Waals surface area contributed by atoms with Crippen LogP contribution in [0.4, 0.5) is 0 Å². The van der Waals surface area contributed by atoms with Crippen LogP contribution in [0.1, 0.15) is 13.8 Å². The summed E-state index contributed by atoms with van der Waals surface area (Å²) in [6, 6.07) is 0. The third-order valence-electron chi connectivity index (χ3n) is 0.887. The Morgan fingerprint density at radius 1 is 1.33 bits per heavy atom. The summed E-state index contributed by atoms with van der Waals surface area (Å²) in [6.07, 6.45) is 0.282. The van der Waals surface area contributed by atoms with Crippen molar-refractivity contribution in [3.63, 3.8) is 0 Å². The molecule has 0 unspecified atom stereocenters. The minimum Gasteiger partial charge on any atom is -0.305 e. The van der Waals surface area contributed by atoms with Gasteiger partial charge in [0.15, 0.2) is 0 Å². The molecule has 0 rings (SSSR count). The Morgan fingerprint density at radius 3 is 2.17 bits per heavy atom. The molecule has 0 heterocycles. The average Bonchev–Trinajstić information content (AvgIpc) is 2.02. The second-order valence-electron chi connectivity index (χ2n) is 1.75. The number of aliphatic imine (C=N–C) groups is 1. The standard InChI is InChI=1S/C6H12NO4P/c1-3-10-12(9,11-4-2)6-7-5-8/h5-6H,3-4H2,1-2H3. The molecule has 0 aliphatic carbocycles. The Kier molecular flexibility index (Phi) is 5.80. The van der Waals surface area contributed by atoms with Gasteiger partial charge in [0, 0.05) is 0 Å². The van der Waals surface area contributed by atoms with Crippen molar-refractivity contribution >= 4 is 20.0 Å². The first-order valence-electron chi connectivity index (χ1n) is 3.55. The Bertz CT molecular complexity index is 194. The van der Waals surface area contributed by atoms with Crippen molar-refractivity contribution in [1.82, 2.24) is 0 Å². The highest BCUT2D eigenvalue weighted by atomic mass is 31.2. The van der Waals surface area contributed by atoms with Gasteiger partial charge in [-0.05, 0) is 13.8 Å². The molecule has 1 amide bonds. The Hall–Kier alpha value is -0.510. The predicted octanol–water partition coefficient (Wildman–Crippen LogP) is 1.44. The fourth-order valence-corrected chi connectivity index (χ4v) is 1.72. The van der Waals surface area contributed by atoms with Gasteiger partial charge in [0.05, 0.1) is 13.2 Å². The van der Waals surface area contributed by atoms with Crippen molar-refractivity contribution in [3.8, 4) is 0 Å². The highest BCUT2D eigenvalue weighted by Gasteiger charge is 2.19. The maximum absolute atomic E-state index is 11.4. The smallest absolute Gasteiger partial charge is 0.305 e. The van der Waals surface area contributed by atoms with Gasteiger partial charge < -0.3 is 9.05 Å². The molecule has 12 heavy (non-hydrogen) atoms. The van der Waals surface area contributed by atoms with Gasteiger partial charge in [-0.15, -0.1) is 0 Å². The second kappa shape index (κ2) is 6.06. The molecule has 70 valence electrons. The maximum atomic E-state index is 11.4. The first-order chi connectivity index (χ1) is 5.68. The summed E-state index contributed by atoms with van der Waals surface area (Å²) in [5.41, 5.74) is 0. The van der Waals surface area contributed by atoms with Crippen LogP contribution in [0.3, 0.4) is 0 Å². The second-order valence-corrected chi connectivity index (χ2v) is 3.57. The van der Waals surface area contributed by atoms with E-state index in [4.69, 9.17) is 9.05 Å². The number of carbonyl (C=O) groups excluding carboxylic acids is 1. The zero-order valence-electron chi connectivity index (χ0n) is 7.10. The van der Waals surface area contributed by atoms with Crippen molar-refractivity contribution in [2.24, 2.45) is 4.99 Å². The minimum atomic E-state index is -3.26. The molecule has 0 saturated carbocycles. The molecule has 0 N–H and O–H groups in total. The van der Waals surface area contributed by atoms with E-state index >= 15 is 0 Å². The van der Waals surface area contributed by atoms with Crippen LogP contribution >= 0.6 is 7.60 Å². The Balaban J connectivity index is 4.27. The summed E-state index contributed by atoms with van der Waals surface area (Å²) in [4.78, 5) is 13.0. The molecule has 0 aliphatic rings. The lowest BCUT2D eigenvalue weighted by Gasteiger charge is -2.10. The van der Waals surface area contributed by atoms with Crippen LogP contribution in [0.15, 0.2) is 4.99 Å². The van der Waals surface area contributed by atoms with Crippen LogP contribution in [0, 0.1) is 0 Å². The van der Waals surface area contributed by atoms with Crippen LogP contribution in [0.5, 0.6) is 0 Å². The fraction of sp³-hybridized carbons (Fsp3) is 0.667. The molecule has 5 nitrogen and oxygen atoms in total. The van der Waals surface area contributed by atoms with Crippen LogP contribution in [-0.2, 0) is 18.4 Å². The number of nitrogens with zero attached hydrogens (tertiary/aromatic N) is 1. The first kappa shape index (κ1) is 11.5. The van der Waals surface area contributed by atoms with Crippen molar-refractivity contribution < 1.29 is 18.4 Å². The van der Waals surface area contributed by atoms with Gasteiger partial charge in [0.1, 0.15) is 5.96 Å². The molecule has 0 bridgehead atoms. The lowest BCUT2D eigenvalue weighted by molar-refractivity contribution is -0.106. The largest absolute Gasteiger partial charge is 0.372 e. The van der Waals surface area contributed by atoms with E-state index in [0.29, 0.717) is 0 Å². The van der Waals surface area contributed by atoms with Crippen molar-refractivity contribution in [2.45, 2.75) is 13.8 Å². The highest BCUT2D eigenvalue weighted by molar-refractivity contribution is 7.69. The van der Waals surface area contributed by atoms with E-state index in [2.05, 4.69) is 4.99 Å². The summed E-state index contributed by atoms with van der Waals surface area (Å²) in [5.74, 6) is 0.910. The first-order valence-corrected chi connectivity index (χ1v) is 5.16. The zero-order chi connectivity index (χ0) is 9.45. The summed E-state index contributed by atoms with van der Waals surface area (Å²) in [6.45, 7) is 3.87. The molecule has 6 heteroatoms. The van der Waals surface area contributed by atoms with Gasteiger partial charge in [0.2, 0.25) is 6.41 Å². The van der Waals surface area contributed by atoms with Crippen molar-refractivity contribution in [3.05, 3.63) is 0 Å². The molecule has 0 spiro atoms. The van der Waals surface area contributed by atoms with Gasteiger partial charge in [-0.2, -0.15) is 0 Å². The molecule has 0 fully saturated rings. The molecule has 0 saturated heterocycles. The predicted molar refractivity (Wildman–Crippen MR) is 45.4 cm³/mol. The third-order valence-corrected chi connectivity index (χ3v) is 2.54. The summed E-state index contributed by atoms with van der Waals surface area (Å²) >= 11 is 0. The van der Waals surface area contributed by atoms with Crippen molar-refractivity contribution in [2.75, 3.05) is 13.2 Å². The molecule has 0 aromatic heterocycles. The van der Waals surface area contributed by atoms with E-state index < -0.39 is 7.60 Å². The molecule has 0 radical (unpaired) electrons. The molecule has 0 aromatic carbocycles. The van der Waals surface area contributed by atoms with Crippen LogP contribution in [0.2, 0.25) is 0 Å². The number of hydrogen-bond donors (Lipinski definition) is 0. The molecular weight excluding hydrogens is 181 g/mol. The maximum Gasteiger partial charge on any atom is 0.372 e. The van der Waals surface area contributed by atoms with E-state index in [0.717, 1.165) is 5.96 Å². The van der Waals surface area contributed by atoms with Crippen molar-refractivity contribution in [1.29, 1.82) is 0 Å². The number of rotatable bonds is 6. The SMILES string of the molecule is CCOP(=O)(C=NC=O)OCC. The number of amides is 1. The normalized spacial score (nSPS) is 12.2. The summed E-state index contributed by atoms with van der Waals surface area (Å²) < 4.78 is 21.0. The van der Waals surface area contributed by atoms with E-state index in [1.807, 2.05) is 0 Å². The molecule has 0 aliphatic heterocycles. The average molecular weight is 193 g/mol. The minimum absolute atomic E-state index is 0.252. The van der Waals surface area contributed by atoms with Gasteiger partial charge in [0.25, 0.3) is 0 Å². The monoisotopic (exact) mass is 193 g/mol. The number of hydrogen-bond acceptors (Lipinski definition) is 4. The lowest BCUT2D eigenvalue weighted by Crippen LogP contribution is -1.96. The molecular formula is C6H12NO4P. The quantitative estimate of drug-likeness (QED) is 0.363. The van der Waals surface area contributed by atoms with Gasteiger partial charge in [-0.3, -0.25) is 9.36 Å². The van der Waals surface area contributed by atoms with Crippen LogP contribution in [-0.4, -0.2) is 25.6 Å². The van der Waals surface area contributed by atoms with Gasteiger partial charge in [-0.25, -0.2) is 4.99 Å².